The first kappa shape index (κ1) is 19.9. The molecule has 1 unspecified atom stereocenters. The van der Waals surface area contributed by atoms with Gasteiger partial charge in [0.25, 0.3) is 0 Å². The molecule has 2 aliphatic heterocycles. The van der Waals surface area contributed by atoms with Crippen LogP contribution in [0.15, 0.2) is 24.3 Å². The van der Waals surface area contributed by atoms with Crippen LogP contribution in [-0.2, 0) is 16.0 Å². The summed E-state index contributed by atoms with van der Waals surface area (Å²) in [5.41, 5.74) is 8.75. The van der Waals surface area contributed by atoms with Crippen molar-refractivity contribution < 1.29 is 9.59 Å². The van der Waals surface area contributed by atoms with E-state index in [0.717, 1.165) is 32.4 Å². The van der Waals surface area contributed by atoms with Crippen LogP contribution >= 0.6 is 0 Å². The van der Waals surface area contributed by atoms with E-state index in [-0.39, 0.29) is 23.9 Å². The summed E-state index contributed by atoms with van der Waals surface area (Å²) >= 11 is 0. The van der Waals surface area contributed by atoms with E-state index in [0.29, 0.717) is 18.8 Å². The van der Waals surface area contributed by atoms with Gasteiger partial charge < -0.3 is 15.5 Å². The zero-order valence-corrected chi connectivity index (χ0v) is 16.9. The summed E-state index contributed by atoms with van der Waals surface area (Å²) < 4.78 is 0. The molecule has 5 heteroatoms. The van der Waals surface area contributed by atoms with Crippen LogP contribution in [0, 0.1) is 5.92 Å². The van der Waals surface area contributed by atoms with Gasteiger partial charge in [0.1, 0.15) is 0 Å². The molecule has 0 saturated carbocycles. The van der Waals surface area contributed by atoms with E-state index in [1.165, 1.54) is 11.1 Å². The average molecular weight is 372 g/mol. The van der Waals surface area contributed by atoms with Crippen molar-refractivity contribution in [2.45, 2.75) is 71.0 Å². The Morgan fingerprint density at radius 2 is 1.93 bits per heavy atom. The predicted molar refractivity (Wildman–Crippen MR) is 107 cm³/mol. The Morgan fingerprint density at radius 3 is 2.59 bits per heavy atom. The third-order valence-electron chi connectivity index (χ3n) is 6.11. The summed E-state index contributed by atoms with van der Waals surface area (Å²) in [6, 6.07) is 8.22. The molecule has 2 heterocycles. The van der Waals surface area contributed by atoms with Crippen LogP contribution in [0.4, 0.5) is 0 Å². The third-order valence-corrected chi connectivity index (χ3v) is 6.11. The maximum atomic E-state index is 13.0. The second-order valence-corrected chi connectivity index (χ2v) is 8.39. The topological polar surface area (TPSA) is 66.6 Å². The molecule has 27 heavy (non-hydrogen) atoms. The van der Waals surface area contributed by atoms with Crippen LogP contribution in [0.1, 0.15) is 63.6 Å². The van der Waals surface area contributed by atoms with Gasteiger partial charge in [-0.05, 0) is 49.7 Å². The molecule has 2 aliphatic rings. The SMILES string of the molecule is CC(C)C1c2ccccc2CCN1C(=O)CC[C@H](N)C(=O)N1CCC[C@H]1C. The van der Waals surface area contributed by atoms with Gasteiger partial charge in [0.05, 0.1) is 12.1 Å². The van der Waals surface area contributed by atoms with Gasteiger partial charge >= 0.3 is 0 Å². The second-order valence-electron chi connectivity index (χ2n) is 8.39. The molecular formula is C22H33N3O2. The molecule has 3 rings (SSSR count). The monoisotopic (exact) mass is 371 g/mol. The molecule has 0 bridgehead atoms. The Kier molecular flexibility index (Phi) is 6.20. The van der Waals surface area contributed by atoms with Crippen molar-refractivity contribution in [3.8, 4) is 0 Å². The molecule has 148 valence electrons. The summed E-state index contributed by atoms with van der Waals surface area (Å²) in [5, 5.41) is 0. The van der Waals surface area contributed by atoms with Crippen LogP contribution in [-0.4, -0.2) is 46.8 Å². The average Bonchev–Trinajstić information content (AvgIpc) is 3.09. The molecular weight excluding hydrogens is 338 g/mol. The molecule has 0 aliphatic carbocycles. The van der Waals surface area contributed by atoms with Gasteiger partial charge in [0, 0.05) is 25.6 Å². The smallest absolute Gasteiger partial charge is 0.239 e. The fourth-order valence-electron chi connectivity index (χ4n) is 4.62. The number of benzene rings is 1. The Labute approximate surface area is 162 Å². The van der Waals surface area contributed by atoms with Crippen molar-refractivity contribution in [2.75, 3.05) is 13.1 Å². The van der Waals surface area contributed by atoms with E-state index in [1.807, 2.05) is 15.9 Å². The van der Waals surface area contributed by atoms with E-state index in [4.69, 9.17) is 5.73 Å². The van der Waals surface area contributed by atoms with Crippen molar-refractivity contribution >= 4 is 11.8 Å². The zero-order chi connectivity index (χ0) is 19.6. The lowest BCUT2D eigenvalue weighted by Crippen LogP contribution is -2.46. The van der Waals surface area contributed by atoms with Crippen LogP contribution in [0.3, 0.4) is 0 Å². The highest BCUT2D eigenvalue weighted by Crippen LogP contribution is 2.35. The van der Waals surface area contributed by atoms with Crippen LogP contribution < -0.4 is 5.73 Å². The van der Waals surface area contributed by atoms with Crippen molar-refractivity contribution in [1.29, 1.82) is 0 Å². The standard InChI is InChI=1S/C22H33N3O2/c1-15(2)21-18-9-5-4-8-17(18)12-14-25(21)20(26)11-10-19(23)22(27)24-13-6-7-16(24)3/h4-5,8-9,15-16,19,21H,6-7,10-14,23H2,1-3H3/t16-,19+,21?/m1/s1. The highest BCUT2D eigenvalue weighted by molar-refractivity contribution is 5.83. The maximum absolute atomic E-state index is 13.0. The number of carbonyl (C=O) groups excluding carboxylic acids is 2. The van der Waals surface area contributed by atoms with Gasteiger partial charge in [-0.25, -0.2) is 0 Å². The maximum Gasteiger partial charge on any atom is 0.239 e. The molecule has 0 radical (unpaired) electrons. The van der Waals surface area contributed by atoms with Gasteiger partial charge in [-0.2, -0.15) is 0 Å². The number of fused-ring (bicyclic) bond motifs is 1. The molecule has 0 spiro atoms. The Hall–Kier alpha value is -1.88. The van der Waals surface area contributed by atoms with E-state index in [1.54, 1.807) is 0 Å². The highest BCUT2D eigenvalue weighted by Gasteiger charge is 2.33. The molecule has 1 fully saturated rings. The Balaban J connectivity index is 1.63. The van der Waals surface area contributed by atoms with Crippen LogP contribution in [0.25, 0.3) is 0 Å². The van der Waals surface area contributed by atoms with Crippen molar-refractivity contribution in [2.24, 2.45) is 11.7 Å². The quantitative estimate of drug-likeness (QED) is 0.865. The lowest BCUT2D eigenvalue weighted by Gasteiger charge is -2.40. The molecule has 0 aromatic heterocycles. The minimum atomic E-state index is -0.580. The fourth-order valence-corrected chi connectivity index (χ4v) is 4.62. The number of nitrogens with two attached hydrogens (primary N) is 1. The summed E-state index contributed by atoms with van der Waals surface area (Å²) in [6.07, 6.45) is 3.73. The molecule has 3 atom stereocenters. The van der Waals surface area contributed by atoms with E-state index >= 15 is 0 Å². The van der Waals surface area contributed by atoms with Gasteiger partial charge in [-0.1, -0.05) is 38.1 Å². The van der Waals surface area contributed by atoms with E-state index in [2.05, 4.69) is 39.0 Å². The van der Waals surface area contributed by atoms with E-state index < -0.39 is 6.04 Å². The first-order valence-electron chi connectivity index (χ1n) is 10.3. The van der Waals surface area contributed by atoms with Crippen molar-refractivity contribution in [3.63, 3.8) is 0 Å². The summed E-state index contributed by atoms with van der Waals surface area (Å²) in [5.74, 6) is 0.453. The largest absolute Gasteiger partial charge is 0.339 e. The first-order valence-corrected chi connectivity index (χ1v) is 10.3. The number of hydrogen-bond acceptors (Lipinski definition) is 3. The second kappa shape index (κ2) is 8.42. The summed E-state index contributed by atoms with van der Waals surface area (Å²) in [4.78, 5) is 29.4. The number of nitrogens with zero attached hydrogens (tertiary/aromatic N) is 2. The van der Waals surface area contributed by atoms with Gasteiger partial charge in [0.15, 0.2) is 0 Å². The number of rotatable bonds is 5. The Bertz CT molecular complexity index is 688. The molecule has 2 N–H and O–H groups in total. The number of amides is 2. The highest BCUT2D eigenvalue weighted by atomic mass is 16.2. The van der Waals surface area contributed by atoms with Gasteiger partial charge in [0.2, 0.25) is 11.8 Å². The molecule has 1 aromatic carbocycles. The number of likely N-dealkylation sites (tertiary alicyclic amines) is 1. The number of carbonyl (C=O) groups is 2. The van der Waals surface area contributed by atoms with Crippen molar-refractivity contribution in [3.05, 3.63) is 35.4 Å². The number of hydrogen-bond donors (Lipinski definition) is 1. The molecule has 5 nitrogen and oxygen atoms in total. The normalized spacial score (nSPS) is 23.4. The zero-order valence-electron chi connectivity index (χ0n) is 16.9. The lowest BCUT2D eigenvalue weighted by molar-refractivity contribution is -0.136. The lowest BCUT2D eigenvalue weighted by atomic mass is 9.86. The minimum absolute atomic E-state index is 0.00259. The van der Waals surface area contributed by atoms with Crippen LogP contribution in [0.5, 0.6) is 0 Å². The molecule has 2 amide bonds. The fraction of sp³-hybridized carbons (Fsp3) is 0.636. The molecule has 1 saturated heterocycles. The minimum Gasteiger partial charge on any atom is -0.339 e. The summed E-state index contributed by atoms with van der Waals surface area (Å²) in [7, 11) is 0. The molecule has 1 aromatic rings. The Morgan fingerprint density at radius 1 is 1.19 bits per heavy atom. The van der Waals surface area contributed by atoms with E-state index in [9.17, 15) is 9.59 Å². The van der Waals surface area contributed by atoms with Crippen molar-refractivity contribution in [1.82, 2.24) is 9.80 Å². The predicted octanol–water partition coefficient (Wildman–Crippen LogP) is 2.89. The van der Waals surface area contributed by atoms with Gasteiger partial charge in [-0.3, -0.25) is 9.59 Å². The van der Waals surface area contributed by atoms with Crippen LogP contribution in [0.2, 0.25) is 0 Å². The van der Waals surface area contributed by atoms with Gasteiger partial charge in [-0.15, -0.1) is 0 Å². The third kappa shape index (κ3) is 4.18. The first-order chi connectivity index (χ1) is 12.9. The summed E-state index contributed by atoms with van der Waals surface area (Å²) in [6.45, 7) is 7.93.